The van der Waals surface area contributed by atoms with Crippen LogP contribution in [-0.2, 0) is 205 Å². The fraction of sp³-hybridized carbons (Fsp3) is 0.935. The molecule has 20 aliphatic rings. The van der Waals surface area contributed by atoms with Crippen molar-refractivity contribution in [2.24, 2.45) is 17.3 Å². The van der Waals surface area contributed by atoms with E-state index in [0.29, 0.717) is 195 Å². The molecule has 11 aliphatic carbocycles. The van der Waals surface area contributed by atoms with Crippen molar-refractivity contribution in [2.45, 2.75) is 369 Å². The SMILES string of the molecule is CC1(C)C2CC(OS(C)(=O)=O)C3(OCCO3)C1C2.CC1COC2(CCCCC2OS(C)(=O)=O)O1.CCCS(=O)(=O)OC1CCCCC12OCCO2.CS(=O)(=O)OC1CCCC12OCCO2.CS(=O)(=O)OC1CCCC2(C1)OCCO2.CS(=O)(=O)OC1CCCCC12OCCO2.CS(=O)(=O)OC1CCCCC12OCCO2.CS(=O)(=O)OC1CCCCC12SCCS2.Cc1ccc(S(=O)(=O)OC2CCCCC23OCCO3)cc1. The van der Waals surface area contributed by atoms with Crippen molar-refractivity contribution in [1.82, 2.24) is 0 Å². The first-order valence-electron chi connectivity index (χ1n) is 51.0. The second-order valence-corrected chi connectivity index (χ2v) is 58.6. The average molecular weight is 2300 g/mol. The second-order valence-electron chi connectivity index (χ2n) is 41.0. The number of hydrogen-bond acceptors (Lipinski definition) is 45. The molecule has 9 saturated heterocycles. The molecule has 13 atom stereocenters. The third kappa shape index (κ3) is 34.5. The van der Waals surface area contributed by atoms with Crippen LogP contribution in [0.15, 0.2) is 29.2 Å². The maximum absolute atomic E-state index is 12.4. The van der Waals surface area contributed by atoms with Crippen LogP contribution >= 0.6 is 23.5 Å². The number of benzene rings is 1. The average Bonchev–Trinajstić information content (AvgIpc) is 1.26. The normalized spacial score (nSPS) is 32.1. The minimum atomic E-state index is -3.80. The number of thioether (sulfide) groups is 2. The fourth-order valence-corrected chi connectivity index (χ4v) is 33.2. The minimum absolute atomic E-state index is 0.00348. The molecule has 848 valence electrons. The van der Waals surface area contributed by atoms with E-state index in [4.69, 9.17) is 113 Å². The molecule has 0 radical (unpaired) electrons. The van der Waals surface area contributed by atoms with Gasteiger partial charge < -0.3 is 75.8 Å². The molecule has 1 aromatic rings. The molecule has 0 aromatic heterocycles. The van der Waals surface area contributed by atoms with Gasteiger partial charge in [-0.2, -0.15) is 75.8 Å². The quantitative estimate of drug-likeness (QED) is 0.103. The van der Waals surface area contributed by atoms with Crippen LogP contribution in [0.4, 0.5) is 0 Å². The van der Waals surface area contributed by atoms with Gasteiger partial charge in [0, 0.05) is 68.8 Å². The number of hydrogen-bond donors (Lipinski definition) is 0. The molecule has 20 fully saturated rings. The van der Waals surface area contributed by atoms with E-state index in [1.807, 2.05) is 44.3 Å². The van der Waals surface area contributed by atoms with Gasteiger partial charge in [-0.15, -0.1) is 23.5 Å². The van der Waals surface area contributed by atoms with Crippen molar-refractivity contribution in [3.8, 4) is 0 Å². The molecule has 0 amide bonds. The van der Waals surface area contributed by atoms with Crippen LogP contribution < -0.4 is 0 Å². The lowest BCUT2D eigenvalue weighted by Gasteiger charge is -2.64. The molecule has 1 aromatic carbocycles. The Morgan fingerprint density at radius 3 is 1.01 bits per heavy atom. The zero-order chi connectivity index (χ0) is 106. The first-order chi connectivity index (χ1) is 68.3. The summed E-state index contributed by atoms with van der Waals surface area (Å²) in [5.41, 5.74) is 1.15. The summed E-state index contributed by atoms with van der Waals surface area (Å²) in [5, 5.41) is 0. The van der Waals surface area contributed by atoms with E-state index < -0.39 is 180 Å². The first kappa shape index (κ1) is 123. The maximum atomic E-state index is 12.4. The molecule has 9 heterocycles. The molecule has 9 spiro atoms. The number of rotatable bonds is 21. The zero-order valence-electron chi connectivity index (χ0n) is 86.1. The van der Waals surface area contributed by atoms with Crippen molar-refractivity contribution in [2.75, 3.05) is 160 Å². The molecule has 11 saturated carbocycles. The van der Waals surface area contributed by atoms with Crippen LogP contribution in [-0.4, -0.2) is 347 Å². The third-order valence-corrected chi connectivity index (χ3v) is 39.5. The minimum Gasteiger partial charge on any atom is -0.347 e. The Labute approximate surface area is 873 Å². The summed E-state index contributed by atoms with van der Waals surface area (Å²) in [6.07, 6.45) is 32.0. The maximum Gasteiger partial charge on any atom is 0.297 e. The Kier molecular flexibility index (Phi) is 43.5. The standard InChI is InChI=1S/C15H20O5S.C12H20O5S.C11H20O5S.C10H18O5S.3C9H16O5S.C9H16O3S3.C8H14O5S/c1-12-5-7-13(8-6-12)21(16,17)20-14-4-2-3-9-15(14)18-10-11-19-15;1-11(2)8-6-9(11)12(15-4-5-16-12)10(7-8)17-18(3,13)14;1-2-9-17(12,13)16-10-5-3-4-6-11(10)14-7-8-15-11;1-8-7-13-10(14-8)6-4-3-5-9(10)15-16(2,11)12;1-15(10,11)14-8-3-2-4-9(7-8)12-5-6-13-9;2*1-15(10,11)14-8-4-2-3-5-9(8)12-6-7-13-9;1-15(10,11)12-8-4-2-3-5-9(8)13-6-7-14-9;1-14(9,10)13-7-3-2-4-8(7)11-5-6-12-8/h5-8,14H,2-4,9-11H2,1H3;8-10H,4-7H2,1-3H3;10H,2-9H2,1H3;8-9H,3-7H2,1-2H3;4*8H,2-7H2,1H3;7H,2-6H2,1H3. The van der Waals surface area contributed by atoms with Crippen LogP contribution in [0.5, 0.6) is 0 Å². The van der Waals surface area contributed by atoms with Crippen LogP contribution in [0.25, 0.3) is 0 Å². The van der Waals surface area contributed by atoms with E-state index >= 15 is 0 Å². The van der Waals surface area contributed by atoms with Gasteiger partial charge in [0.25, 0.3) is 91.1 Å². The van der Waals surface area contributed by atoms with Crippen molar-refractivity contribution < 1.29 is 189 Å². The molecule has 0 N–H and O–H groups in total. The molecular weight excluding hydrogens is 2150 g/mol. The van der Waals surface area contributed by atoms with Crippen LogP contribution in [0, 0.1) is 24.2 Å². The van der Waals surface area contributed by atoms with Gasteiger partial charge in [-0.05, 0) is 159 Å². The van der Waals surface area contributed by atoms with Gasteiger partial charge in [0.05, 0.1) is 170 Å². The molecule has 2 bridgehead atoms. The Balaban J connectivity index is 0.000000146. The van der Waals surface area contributed by atoms with Gasteiger partial charge in [0.1, 0.15) is 48.8 Å². The largest absolute Gasteiger partial charge is 0.347 e. The number of aryl methyl sites for hydroxylation is 1. The Bertz CT molecular complexity index is 5230. The zero-order valence-corrected chi connectivity index (χ0v) is 95.0. The van der Waals surface area contributed by atoms with Crippen molar-refractivity contribution in [1.29, 1.82) is 0 Å². The van der Waals surface area contributed by atoms with Gasteiger partial charge >= 0.3 is 0 Å². The smallest absolute Gasteiger partial charge is 0.297 e. The van der Waals surface area contributed by atoms with Crippen LogP contribution in [0.3, 0.4) is 0 Å². The Hall–Kier alpha value is -1.53. The summed E-state index contributed by atoms with van der Waals surface area (Å²) in [5.74, 6) is -3.33. The van der Waals surface area contributed by atoms with E-state index in [-0.39, 0.29) is 44.4 Å². The van der Waals surface area contributed by atoms with E-state index in [9.17, 15) is 75.8 Å². The monoisotopic (exact) mass is 2300 g/mol. The van der Waals surface area contributed by atoms with E-state index in [1.165, 1.54) is 6.42 Å². The molecular formula is C92H156O43S11. The Morgan fingerprint density at radius 1 is 0.329 bits per heavy atom. The van der Waals surface area contributed by atoms with Crippen molar-refractivity contribution in [3.63, 3.8) is 0 Å². The van der Waals surface area contributed by atoms with E-state index in [0.717, 1.165) is 183 Å². The topological polar surface area (TPSA) is 538 Å². The lowest BCUT2D eigenvalue weighted by molar-refractivity contribution is -0.334. The summed E-state index contributed by atoms with van der Waals surface area (Å²) in [4.78, 5) is 0.173. The first-order valence-corrected chi connectivity index (χ1v) is 68.6. The highest BCUT2D eigenvalue weighted by molar-refractivity contribution is 8.21. The van der Waals surface area contributed by atoms with Gasteiger partial charge in [-0.25, -0.2) is 0 Å². The predicted molar refractivity (Wildman–Crippen MR) is 533 cm³/mol. The highest BCUT2D eigenvalue weighted by Gasteiger charge is 2.70. The second kappa shape index (κ2) is 51.6. The molecule has 54 heteroatoms. The summed E-state index contributed by atoms with van der Waals surface area (Å²) in [6, 6.07) is 6.65. The summed E-state index contributed by atoms with van der Waals surface area (Å²) >= 11 is 3.78. The lowest BCUT2D eigenvalue weighted by atomic mass is 9.46. The summed E-state index contributed by atoms with van der Waals surface area (Å²) in [6.45, 7) is 17.9. The van der Waals surface area contributed by atoms with Gasteiger partial charge in [-0.1, -0.05) is 83.4 Å². The Morgan fingerprint density at radius 2 is 0.644 bits per heavy atom. The highest BCUT2D eigenvalue weighted by Crippen LogP contribution is 2.66. The van der Waals surface area contributed by atoms with Gasteiger partial charge in [0.15, 0.2) is 46.3 Å². The molecule has 21 rings (SSSR count). The van der Waals surface area contributed by atoms with Crippen molar-refractivity contribution in [3.05, 3.63) is 29.8 Å². The van der Waals surface area contributed by atoms with E-state index in [2.05, 4.69) is 13.8 Å². The lowest BCUT2D eigenvalue weighted by Crippen LogP contribution is -2.68. The molecule has 13 unspecified atom stereocenters. The molecule has 146 heavy (non-hydrogen) atoms. The van der Waals surface area contributed by atoms with Gasteiger partial charge in [-0.3, -0.25) is 37.6 Å². The predicted octanol–water partition coefficient (Wildman–Crippen LogP) is 10.3. The number of ether oxygens (including phenoxy) is 16. The summed E-state index contributed by atoms with van der Waals surface area (Å²) in [7, 11) is -31.2. The van der Waals surface area contributed by atoms with Crippen LogP contribution in [0.1, 0.15) is 252 Å². The molecule has 9 aliphatic heterocycles. The number of fused-ring (bicyclic) bond motifs is 1. The fourth-order valence-electron chi connectivity index (χ4n) is 22.6. The van der Waals surface area contributed by atoms with Gasteiger partial charge in [0.2, 0.25) is 0 Å². The highest BCUT2D eigenvalue weighted by atomic mass is 32.3. The molecule has 43 nitrogen and oxygen atoms in total. The summed E-state index contributed by atoms with van der Waals surface area (Å²) < 4.78 is 340. The van der Waals surface area contributed by atoms with Crippen molar-refractivity contribution >= 4 is 115 Å². The van der Waals surface area contributed by atoms with E-state index in [1.54, 1.807) is 24.3 Å². The van der Waals surface area contributed by atoms with Crippen LogP contribution in [0.2, 0.25) is 0 Å². The third-order valence-electron chi connectivity index (χ3n) is 28.9.